The van der Waals surface area contributed by atoms with Gasteiger partial charge < -0.3 is 10.1 Å². The van der Waals surface area contributed by atoms with Crippen molar-refractivity contribution < 1.29 is 18.3 Å². The van der Waals surface area contributed by atoms with Crippen LogP contribution in [0.2, 0.25) is 0 Å². The molecular formula is C19H14F3N5O2. The van der Waals surface area contributed by atoms with Crippen molar-refractivity contribution in [2.45, 2.75) is 20.0 Å². The van der Waals surface area contributed by atoms with Gasteiger partial charge in [-0.25, -0.2) is 15.0 Å². The maximum absolute atomic E-state index is 13.0. The van der Waals surface area contributed by atoms with Gasteiger partial charge in [0.25, 0.3) is 5.56 Å². The highest BCUT2D eigenvalue weighted by molar-refractivity contribution is 5.82. The normalized spacial score (nSPS) is 11.9. The van der Waals surface area contributed by atoms with E-state index in [1.165, 1.54) is 17.0 Å². The van der Waals surface area contributed by atoms with Gasteiger partial charge in [0.05, 0.1) is 16.8 Å². The number of benzene rings is 1. The van der Waals surface area contributed by atoms with Crippen LogP contribution in [0, 0.1) is 13.8 Å². The fourth-order valence-corrected chi connectivity index (χ4v) is 3.13. The van der Waals surface area contributed by atoms with Gasteiger partial charge in [-0.05, 0) is 31.5 Å². The lowest BCUT2D eigenvalue weighted by atomic mass is 10.1. The second-order valence-electron chi connectivity index (χ2n) is 6.53. The van der Waals surface area contributed by atoms with Gasteiger partial charge in [-0.1, -0.05) is 6.07 Å². The molecule has 10 heteroatoms. The number of aryl methyl sites for hydroxylation is 1. The number of hydrogen-bond donors (Lipinski definition) is 2. The summed E-state index contributed by atoms with van der Waals surface area (Å²) < 4.78 is 39.2. The quantitative estimate of drug-likeness (QED) is 0.536. The summed E-state index contributed by atoms with van der Waals surface area (Å²) in [5, 5.41) is 10.2. The Morgan fingerprint density at radius 2 is 1.79 bits per heavy atom. The van der Waals surface area contributed by atoms with Crippen molar-refractivity contribution in [2.75, 3.05) is 0 Å². The topological polar surface area (TPSA) is 96.7 Å². The lowest BCUT2D eigenvalue weighted by molar-refractivity contribution is -0.144. The molecule has 4 aromatic rings. The Morgan fingerprint density at radius 1 is 1.10 bits per heavy atom. The number of aromatic amines is 1. The van der Waals surface area contributed by atoms with Crippen molar-refractivity contribution in [1.82, 2.24) is 24.5 Å². The number of aromatic hydroxyl groups is 1. The van der Waals surface area contributed by atoms with E-state index in [1.54, 1.807) is 26.0 Å². The van der Waals surface area contributed by atoms with Gasteiger partial charge >= 0.3 is 6.18 Å². The van der Waals surface area contributed by atoms with Gasteiger partial charge in [0.2, 0.25) is 5.82 Å². The first-order valence-corrected chi connectivity index (χ1v) is 8.46. The smallest absolute Gasteiger partial charge is 0.451 e. The predicted molar refractivity (Wildman–Crippen MR) is 98.9 cm³/mol. The number of phenolic OH excluding ortho intramolecular Hbond substituents is 1. The van der Waals surface area contributed by atoms with E-state index in [-0.39, 0.29) is 27.9 Å². The summed E-state index contributed by atoms with van der Waals surface area (Å²) in [5.41, 5.74) is 2.35. The Hall–Kier alpha value is -3.69. The Balaban J connectivity index is 1.84. The van der Waals surface area contributed by atoms with Gasteiger partial charge in [0.1, 0.15) is 17.7 Å². The molecular weight excluding hydrogens is 387 g/mol. The molecule has 0 aliphatic heterocycles. The highest BCUT2D eigenvalue weighted by Gasteiger charge is 2.34. The number of nitrogens with one attached hydrogen (secondary N) is 1. The average molecular weight is 401 g/mol. The maximum atomic E-state index is 13.0. The summed E-state index contributed by atoms with van der Waals surface area (Å²) in [5.74, 6) is -1.19. The van der Waals surface area contributed by atoms with Crippen LogP contribution in [0.15, 0.2) is 41.7 Å². The minimum Gasteiger partial charge on any atom is -0.508 e. The van der Waals surface area contributed by atoms with E-state index >= 15 is 0 Å². The fraction of sp³-hybridized carbons (Fsp3) is 0.158. The average Bonchev–Trinajstić information content (AvgIpc) is 3.11. The highest BCUT2D eigenvalue weighted by Crippen LogP contribution is 2.28. The van der Waals surface area contributed by atoms with E-state index in [2.05, 4.69) is 19.9 Å². The Bertz CT molecular complexity index is 1290. The molecule has 0 spiro atoms. The molecule has 0 atom stereocenters. The molecule has 0 unspecified atom stereocenters. The van der Waals surface area contributed by atoms with E-state index in [4.69, 9.17) is 0 Å². The standard InChI is InChI=1S/C19H14F3N5O2/c1-9-3-4-14(28)10(2)15(9)27-8-25-16-12(17(27)29)5-13(26-16)11-6-23-18(24-7-11)19(20,21)22/h3-8,26,28H,1-2H3. The largest absolute Gasteiger partial charge is 0.508 e. The minimum atomic E-state index is -4.63. The molecule has 2 N–H and O–H groups in total. The number of fused-ring (bicyclic) bond motifs is 1. The van der Waals surface area contributed by atoms with Crippen molar-refractivity contribution in [3.8, 4) is 22.7 Å². The SMILES string of the molecule is Cc1ccc(O)c(C)c1-n1cnc2[nH]c(-c3cnc(C(F)(F)F)nc3)cc2c1=O. The third kappa shape index (κ3) is 3.12. The Kier molecular flexibility index (Phi) is 4.14. The number of halogens is 3. The summed E-state index contributed by atoms with van der Waals surface area (Å²) in [6.07, 6.45) is -1.24. The lowest BCUT2D eigenvalue weighted by Crippen LogP contribution is -2.20. The molecule has 7 nitrogen and oxygen atoms in total. The van der Waals surface area contributed by atoms with Gasteiger partial charge in [-0.15, -0.1) is 0 Å². The third-order valence-corrected chi connectivity index (χ3v) is 4.61. The molecule has 0 aliphatic rings. The van der Waals surface area contributed by atoms with E-state index in [0.29, 0.717) is 16.9 Å². The second kappa shape index (κ2) is 6.43. The molecule has 3 aromatic heterocycles. The molecule has 3 heterocycles. The van der Waals surface area contributed by atoms with E-state index in [0.717, 1.165) is 18.0 Å². The van der Waals surface area contributed by atoms with Crippen LogP contribution in [0.5, 0.6) is 5.75 Å². The van der Waals surface area contributed by atoms with Crippen LogP contribution in [-0.2, 0) is 6.18 Å². The minimum absolute atomic E-state index is 0.0502. The molecule has 1 aromatic carbocycles. The first kappa shape index (κ1) is 18.7. The van der Waals surface area contributed by atoms with Crippen molar-refractivity contribution in [2.24, 2.45) is 0 Å². The number of rotatable bonds is 2. The zero-order valence-corrected chi connectivity index (χ0v) is 15.2. The van der Waals surface area contributed by atoms with E-state index < -0.39 is 12.0 Å². The van der Waals surface area contributed by atoms with Crippen molar-refractivity contribution >= 4 is 11.0 Å². The first-order valence-electron chi connectivity index (χ1n) is 8.46. The van der Waals surface area contributed by atoms with Crippen molar-refractivity contribution in [3.63, 3.8) is 0 Å². The molecule has 29 heavy (non-hydrogen) atoms. The number of H-pyrrole nitrogens is 1. The predicted octanol–water partition coefficient (Wildman–Crippen LogP) is 3.51. The highest BCUT2D eigenvalue weighted by atomic mass is 19.4. The van der Waals surface area contributed by atoms with Crippen LogP contribution in [0.25, 0.3) is 28.0 Å². The molecule has 0 amide bonds. The van der Waals surface area contributed by atoms with E-state index in [1.807, 2.05) is 0 Å². The molecule has 0 bridgehead atoms. The molecule has 0 fully saturated rings. The van der Waals surface area contributed by atoms with Crippen LogP contribution in [0.4, 0.5) is 13.2 Å². The molecule has 148 valence electrons. The molecule has 0 saturated heterocycles. The summed E-state index contributed by atoms with van der Waals surface area (Å²) >= 11 is 0. The van der Waals surface area contributed by atoms with Crippen LogP contribution in [-0.4, -0.2) is 29.6 Å². The molecule has 0 radical (unpaired) electrons. The lowest BCUT2D eigenvalue weighted by Gasteiger charge is -2.13. The van der Waals surface area contributed by atoms with Crippen LogP contribution in [0.1, 0.15) is 17.0 Å². The second-order valence-corrected chi connectivity index (χ2v) is 6.53. The van der Waals surface area contributed by atoms with E-state index in [9.17, 15) is 23.1 Å². The number of hydrogen-bond acceptors (Lipinski definition) is 5. The van der Waals surface area contributed by atoms with Crippen molar-refractivity contribution in [3.05, 3.63) is 64.2 Å². The van der Waals surface area contributed by atoms with Gasteiger partial charge in [-0.3, -0.25) is 9.36 Å². The summed E-state index contributed by atoms with van der Waals surface area (Å²) in [6, 6.07) is 4.72. The number of nitrogens with zero attached hydrogens (tertiary/aromatic N) is 4. The third-order valence-electron chi connectivity index (χ3n) is 4.61. The molecule has 4 rings (SSSR count). The van der Waals surface area contributed by atoms with Crippen LogP contribution in [0.3, 0.4) is 0 Å². The summed E-state index contributed by atoms with van der Waals surface area (Å²) in [7, 11) is 0. The molecule has 0 aliphatic carbocycles. The van der Waals surface area contributed by atoms with Crippen LogP contribution < -0.4 is 5.56 Å². The fourth-order valence-electron chi connectivity index (χ4n) is 3.13. The van der Waals surface area contributed by atoms with Gasteiger partial charge in [0.15, 0.2) is 0 Å². The number of phenols is 1. The van der Waals surface area contributed by atoms with Crippen molar-refractivity contribution in [1.29, 1.82) is 0 Å². The summed E-state index contributed by atoms with van der Waals surface area (Å²) in [6.45, 7) is 3.50. The molecule has 0 saturated carbocycles. The Morgan fingerprint density at radius 3 is 2.45 bits per heavy atom. The number of alkyl halides is 3. The van der Waals surface area contributed by atoms with Gasteiger partial charge in [-0.2, -0.15) is 13.2 Å². The summed E-state index contributed by atoms with van der Waals surface area (Å²) in [4.78, 5) is 26.8. The monoisotopic (exact) mass is 401 g/mol. The van der Waals surface area contributed by atoms with Gasteiger partial charge in [0, 0.05) is 23.5 Å². The maximum Gasteiger partial charge on any atom is 0.451 e. The Labute approximate surface area is 161 Å². The zero-order chi connectivity index (χ0) is 20.9. The van der Waals surface area contributed by atoms with Crippen LogP contribution >= 0.6 is 0 Å². The number of aromatic nitrogens is 5. The zero-order valence-electron chi connectivity index (χ0n) is 15.2. The first-order chi connectivity index (χ1) is 13.7.